The SMILES string of the molecule is COc1cc([C@@H](O)[C@H](Cc2nc3cc(CC(=O)O)ccc3n2C)OCC2CCC2)cc(OC)c1C. The van der Waals surface area contributed by atoms with Gasteiger partial charge in [-0.25, -0.2) is 4.98 Å². The van der Waals surface area contributed by atoms with Gasteiger partial charge >= 0.3 is 5.97 Å². The number of carboxylic acids is 1. The number of hydrogen-bond donors (Lipinski definition) is 2. The number of imidazole rings is 1. The Labute approximate surface area is 205 Å². The summed E-state index contributed by atoms with van der Waals surface area (Å²) in [6.45, 7) is 2.50. The molecular formula is C27H34N2O6. The number of aliphatic hydroxyl groups is 1. The van der Waals surface area contributed by atoms with Crippen molar-refractivity contribution in [1.82, 2.24) is 9.55 Å². The molecule has 1 aromatic heterocycles. The van der Waals surface area contributed by atoms with E-state index in [2.05, 4.69) is 0 Å². The number of aryl methyl sites for hydroxylation is 1. The maximum Gasteiger partial charge on any atom is 0.307 e. The molecule has 8 nitrogen and oxygen atoms in total. The van der Waals surface area contributed by atoms with Crippen LogP contribution in [-0.2, 0) is 29.4 Å². The second kappa shape index (κ2) is 10.7. The highest BCUT2D eigenvalue weighted by molar-refractivity contribution is 5.79. The van der Waals surface area contributed by atoms with Gasteiger partial charge in [-0.1, -0.05) is 12.5 Å². The molecule has 0 unspecified atom stereocenters. The fourth-order valence-corrected chi connectivity index (χ4v) is 4.62. The first-order valence-corrected chi connectivity index (χ1v) is 12.0. The Bertz CT molecular complexity index is 1170. The molecule has 0 bridgehead atoms. The zero-order valence-electron chi connectivity index (χ0n) is 20.8. The predicted molar refractivity (Wildman–Crippen MR) is 132 cm³/mol. The van der Waals surface area contributed by atoms with Crippen molar-refractivity contribution in [2.24, 2.45) is 13.0 Å². The lowest BCUT2D eigenvalue weighted by Gasteiger charge is -2.30. The van der Waals surface area contributed by atoms with Crippen molar-refractivity contribution in [3.05, 3.63) is 52.8 Å². The minimum Gasteiger partial charge on any atom is -0.496 e. The third-order valence-electron chi connectivity index (χ3n) is 7.02. The van der Waals surface area contributed by atoms with E-state index < -0.39 is 18.2 Å². The van der Waals surface area contributed by atoms with Gasteiger partial charge in [0.25, 0.3) is 0 Å². The lowest BCUT2D eigenvalue weighted by molar-refractivity contribution is -0.136. The molecule has 0 amide bonds. The van der Waals surface area contributed by atoms with Crippen molar-refractivity contribution in [1.29, 1.82) is 0 Å². The Balaban J connectivity index is 1.64. The van der Waals surface area contributed by atoms with E-state index in [-0.39, 0.29) is 6.42 Å². The molecule has 1 aliphatic rings. The second-order valence-electron chi connectivity index (χ2n) is 9.35. The molecule has 1 heterocycles. The molecule has 3 aromatic rings. The first kappa shape index (κ1) is 25.0. The third-order valence-corrected chi connectivity index (χ3v) is 7.02. The van der Waals surface area contributed by atoms with Gasteiger partial charge in [0, 0.05) is 25.6 Å². The van der Waals surface area contributed by atoms with E-state index >= 15 is 0 Å². The molecule has 0 radical (unpaired) electrons. The van der Waals surface area contributed by atoms with Gasteiger partial charge in [-0.2, -0.15) is 0 Å². The number of methoxy groups -OCH3 is 2. The smallest absolute Gasteiger partial charge is 0.307 e. The summed E-state index contributed by atoms with van der Waals surface area (Å²) < 4.78 is 19.3. The Morgan fingerprint density at radius 3 is 2.43 bits per heavy atom. The molecule has 1 fully saturated rings. The van der Waals surface area contributed by atoms with Crippen LogP contribution >= 0.6 is 0 Å². The highest BCUT2D eigenvalue weighted by Crippen LogP contribution is 2.35. The van der Waals surface area contributed by atoms with Gasteiger partial charge in [0.15, 0.2) is 0 Å². The van der Waals surface area contributed by atoms with Crippen LogP contribution < -0.4 is 9.47 Å². The number of fused-ring (bicyclic) bond motifs is 1. The molecule has 4 rings (SSSR count). The Kier molecular flexibility index (Phi) is 7.62. The average Bonchev–Trinajstić information content (AvgIpc) is 3.11. The normalized spacial score (nSPS) is 15.6. The Hall–Kier alpha value is -3.10. The van der Waals surface area contributed by atoms with E-state index in [0.29, 0.717) is 41.6 Å². The molecule has 35 heavy (non-hydrogen) atoms. The molecule has 1 aliphatic carbocycles. The maximum absolute atomic E-state index is 11.4. The number of hydrogen-bond acceptors (Lipinski definition) is 6. The number of nitrogens with zero attached hydrogens (tertiary/aromatic N) is 2. The van der Waals surface area contributed by atoms with Crippen molar-refractivity contribution < 1.29 is 29.2 Å². The van der Waals surface area contributed by atoms with E-state index in [1.54, 1.807) is 14.2 Å². The van der Waals surface area contributed by atoms with E-state index in [9.17, 15) is 9.90 Å². The standard InChI is InChI=1S/C27H34N2O6/c1-16-22(33-3)12-19(13-23(16)34-4)27(32)24(35-15-17-6-5-7-17)14-25-28-20-10-18(11-26(30)31)8-9-21(20)29(25)2/h8-10,12-13,17,24,27,32H,5-7,11,14-15H2,1-4H3,(H,30,31)/t24-,27+/m0/s1. The predicted octanol–water partition coefficient (Wildman–Crippen LogP) is 3.99. The Morgan fingerprint density at radius 1 is 1.17 bits per heavy atom. The fourth-order valence-electron chi connectivity index (χ4n) is 4.62. The summed E-state index contributed by atoms with van der Waals surface area (Å²) in [6.07, 6.45) is 2.41. The van der Waals surface area contributed by atoms with Crippen molar-refractivity contribution in [2.75, 3.05) is 20.8 Å². The number of carboxylic acid groups (broad SMARTS) is 1. The first-order chi connectivity index (χ1) is 16.8. The number of carbonyl (C=O) groups is 1. The quantitative estimate of drug-likeness (QED) is 0.426. The number of ether oxygens (including phenoxy) is 3. The number of aliphatic carboxylic acids is 1. The summed E-state index contributed by atoms with van der Waals surface area (Å²) in [5.74, 6) is 1.69. The monoisotopic (exact) mass is 482 g/mol. The molecule has 0 spiro atoms. The van der Waals surface area contributed by atoms with Gasteiger partial charge in [-0.05, 0) is 61.1 Å². The van der Waals surface area contributed by atoms with Crippen LogP contribution in [0.15, 0.2) is 30.3 Å². The van der Waals surface area contributed by atoms with Crippen LogP contribution in [0.4, 0.5) is 0 Å². The van der Waals surface area contributed by atoms with Crippen LogP contribution in [-0.4, -0.2) is 52.7 Å². The van der Waals surface area contributed by atoms with Crippen molar-refractivity contribution >= 4 is 17.0 Å². The first-order valence-electron chi connectivity index (χ1n) is 12.0. The van der Waals surface area contributed by atoms with Crippen LogP contribution in [0.25, 0.3) is 11.0 Å². The molecule has 0 aliphatic heterocycles. The average molecular weight is 483 g/mol. The van der Waals surface area contributed by atoms with Gasteiger partial charge < -0.3 is 29.0 Å². The Morgan fingerprint density at radius 2 is 1.86 bits per heavy atom. The molecule has 2 aromatic carbocycles. The van der Waals surface area contributed by atoms with Crippen LogP contribution in [0.2, 0.25) is 0 Å². The summed E-state index contributed by atoms with van der Waals surface area (Å²) in [6, 6.07) is 9.17. The molecular weight excluding hydrogens is 448 g/mol. The van der Waals surface area contributed by atoms with E-state index in [0.717, 1.165) is 35.3 Å². The topological polar surface area (TPSA) is 103 Å². The highest BCUT2D eigenvalue weighted by atomic mass is 16.5. The zero-order valence-corrected chi connectivity index (χ0v) is 20.8. The summed E-state index contributed by atoms with van der Waals surface area (Å²) in [4.78, 5) is 15.9. The fraction of sp³-hybridized carbons (Fsp3) is 0.481. The van der Waals surface area contributed by atoms with Gasteiger partial charge in [0.2, 0.25) is 0 Å². The van der Waals surface area contributed by atoms with E-state index in [1.807, 2.05) is 48.9 Å². The van der Waals surface area contributed by atoms with Crippen molar-refractivity contribution in [3.8, 4) is 11.5 Å². The largest absolute Gasteiger partial charge is 0.496 e. The van der Waals surface area contributed by atoms with Gasteiger partial charge in [-0.3, -0.25) is 4.79 Å². The zero-order chi connectivity index (χ0) is 25.1. The van der Waals surface area contributed by atoms with Crippen molar-refractivity contribution in [3.63, 3.8) is 0 Å². The minimum absolute atomic E-state index is 0.0508. The number of aliphatic hydroxyl groups excluding tert-OH is 1. The molecule has 1 saturated carbocycles. The summed E-state index contributed by atoms with van der Waals surface area (Å²) >= 11 is 0. The summed E-state index contributed by atoms with van der Waals surface area (Å²) in [5.41, 5.74) is 3.86. The number of rotatable bonds is 11. The number of benzene rings is 2. The lowest BCUT2D eigenvalue weighted by atomic mass is 9.86. The summed E-state index contributed by atoms with van der Waals surface area (Å²) in [7, 11) is 5.12. The molecule has 8 heteroatoms. The van der Waals surface area contributed by atoms with Crippen LogP contribution in [0.3, 0.4) is 0 Å². The number of aromatic nitrogens is 2. The van der Waals surface area contributed by atoms with Crippen LogP contribution in [0.5, 0.6) is 11.5 Å². The molecule has 2 atom stereocenters. The molecule has 0 saturated heterocycles. The highest BCUT2D eigenvalue weighted by Gasteiger charge is 2.28. The summed E-state index contributed by atoms with van der Waals surface area (Å²) in [5, 5.41) is 20.6. The third kappa shape index (κ3) is 5.44. The van der Waals surface area contributed by atoms with Gasteiger partial charge in [0.05, 0.1) is 37.8 Å². The van der Waals surface area contributed by atoms with E-state index in [1.165, 1.54) is 6.42 Å². The maximum atomic E-state index is 11.4. The molecule has 188 valence electrons. The van der Waals surface area contributed by atoms with Gasteiger partial charge in [0.1, 0.15) is 23.4 Å². The van der Waals surface area contributed by atoms with Crippen LogP contribution in [0, 0.1) is 12.8 Å². The van der Waals surface area contributed by atoms with Gasteiger partial charge in [-0.15, -0.1) is 0 Å². The van der Waals surface area contributed by atoms with Crippen molar-refractivity contribution in [2.45, 2.75) is 51.2 Å². The minimum atomic E-state index is -0.916. The van der Waals surface area contributed by atoms with Crippen LogP contribution in [0.1, 0.15) is 47.9 Å². The second-order valence-corrected chi connectivity index (χ2v) is 9.35. The molecule has 2 N–H and O–H groups in total. The lowest BCUT2D eigenvalue weighted by Crippen LogP contribution is -2.30. The van der Waals surface area contributed by atoms with E-state index in [4.69, 9.17) is 24.3 Å².